The highest BCUT2D eigenvalue weighted by Crippen LogP contribution is 2.47. The van der Waals surface area contributed by atoms with Gasteiger partial charge in [-0.3, -0.25) is 4.79 Å². The van der Waals surface area contributed by atoms with E-state index in [1.165, 1.54) is 6.42 Å². The number of carbonyl (C=O) groups is 2. The average Bonchev–Trinajstić information content (AvgIpc) is 3.23. The molecular formula is C16H25N3O3. The molecule has 4 saturated heterocycles. The zero-order valence-electron chi connectivity index (χ0n) is 13.2. The molecule has 4 heterocycles. The van der Waals surface area contributed by atoms with Crippen molar-refractivity contribution in [2.75, 3.05) is 19.6 Å². The largest absolute Gasteiger partial charge is 0.441 e. The highest BCUT2D eigenvalue weighted by atomic mass is 16.6. The minimum atomic E-state index is -0.375. The molecule has 4 aliphatic rings. The van der Waals surface area contributed by atoms with Gasteiger partial charge in [-0.1, -0.05) is 6.92 Å². The number of likely N-dealkylation sites (tertiary alicyclic amines) is 1. The average molecular weight is 307 g/mol. The van der Waals surface area contributed by atoms with Gasteiger partial charge in [-0.15, -0.1) is 0 Å². The molecule has 4 rings (SSSR count). The number of fused-ring (bicyclic) bond motifs is 2. The Balaban J connectivity index is 1.45. The van der Waals surface area contributed by atoms with Gasteiger partial charge in [0.25, 0.3) is 0 Å². The van der Waals surface area contributed by atoms with Crippen LogP contribution in [-0.2, 0) is 9.53 Å². The fourth-order valence-corrected chi connectivity index (χ4v) is 4.99. The number of ether oxygens (including phenoxy) is 1. The summed E-state index contributed by atoms with van der Waals surface area (Å²) in [4.78, 5) is 26.5. The number of hydrogen-bond donors (Lipinski definition) is 2. The van der Waals surface area contributed by atoms with Gasteiger partial charge in [0, 0.05) is 38.0 Å². The van der Waals surface area contributed by atoms with Gasteiger partial charge in [0.2, 0.25) is 5.91 Å². The van der Waals surface area contributed by atoms with E-state index in [0.29, 0.717) is 37.6 Å². The normalized spacial score (nSPS) is 39.1. The monoisotopic (exact) mass is 307 g/mol. The number of nitrogens with one attached hydrogen (secondary N) is 2. The van der Waals surface area contributed by atoms with Gasteiger partial charge in [-0.2, -0.15) is 0 Å². The van der Waals surface area contributed by atoms with Crippen molar-refractivity contribution in [3.8, 4) is 0 Å². The van der Waals surface area contributed by atoms with Crippen molar-refractivity contribution in [3.63, 3.8) is 0 Å². The Morgan fingerprint density at radius 3 is 2.64 bits per heavy atom. The fourth-order valence-electron chi connectivity index (χ4n) is 4.99. The van der Waals surface area contributed by atoms with Crippen LogP contribution in [0, 0.1) is 5.41 Å². The van der Waals surface area contributed by atoms with Crippen LogP contribution in [0.2, 0.25) is 0 Å². The van der Waals surface area contributed by atoms with Gasteiger partial charge in [-0.25, -0.2) is 4.79 Å². The summed E-state index contributed by atoms with van der Waals surface area (Å²) in [5.41, 5.74) is -0.571. The van der Waals surface area contributed by atoms with Crippen LogP contribution in [0.3, 0.4) is 0 Å². The van der Waals surface area contributed by atoms with Crippen LogP contribution < -0.4 is 10.6 Å². The number of hydrogen-bond acceptors (Lipinski definition) is 4. The number of piperidine rings is 1. The SMILES string of the molecule is CC[C@@]1(C(=O)N2CCC3(CC2)CNC(=O)O3)C[C@@H]2CC[C@H]1N2. The van der Waals surface area contributed by atoms with Crippen molar-refractivity contribution in [1.82, 2.24) is 15.5 Å². The molecule has 0 saturated carbocycles. The molecule has 0 radical (unpaired) electrons. The Labute approximate surface area is 130 Å². The smallest absolute Gasteiger partial charge is 0.407 e. The molecule has 2 amide bonds. The zero-order chi connectivity index (χ0) is 15.4. The summed E-state index contributed by atoms with van der Waals surface area (Å²) in [6.07, 6.45) is 5.43. The summed E-state index contributed by atoms with van der Waals surface area (Å²) in [6.45, 7) is 4.13. The van der Waals surface area contributed by atoms with Crippen molar-refractivity contribution in [3.05, 3.63) is 0 Å². The van der Waals surface area contributed by atoms with E-state index in [2.05, 4.69) is 17.6 Å². The molecule has 0 aromatic rings. The van der Waals surface area contributed by atoms with Gasteiger partial charge in [0.1, 0.15) is 5.60 Å². The Kier molecular flexibility index (Phi) is 3.15. The summed E-state index contributed by atoms with van der Waals surface area (Å²) < 4.78 is 5.44. The molecule has 0 aromatic heterocycles. The van der Waals surface area contributed by atoms with E-state index in [1.807, 2.05) is 4.90 Å². The predicted molar refractivity (Wildman–Crippen MR) is 80.3 cm³/mol. The van der Waals surface area contributed by atoms with Crippen LogP contribution in [0.25, 0.3) is 0 Å². The Bertz CT molecular complexity index is 501. The lowest BCUT2D eigenvalue weighted by Crippen LogP contribution is -2.55. The number of rotatable bonds is 2. The lowest BCUT2D eigenvalue weighted by atomic mass is 9.70. The van der Waals surface area contributed by atoms with E-state index >= 15 is 0 Å². The molecule has 2 N–H and O–H groups in total. The van der Waals surface area contributed by atoms with E-state index in [-0.39, 0.29) is 17.1 Å². The summed E-state index contributed by atoms with van der Waals surface area (Å²) >= 11 is 0. The Morgan fingerprint density at radius 1 is 1.36 bits per heavy atom. The van der Waals surface area contributed by atoms with E-state index < -0.39 is 0 Å². The van der Waals surface area contributed by atoms with Crippen molar-refractivity contribution in [2.24, 2.45) is 5.41 Å². The highest BCUT2D eigenvalue weighted by Gasteiger charge is 2.56. The lowest BCUT2D eigenvalue weighted by molar-refractivity contribution is -0.147. The van der Waals surface area contributed by atoms with Crippen molar-refractivity contribution >= 4 is 12.0 Å². The summed E-state index contributed by atoms with van der Waals surface area (Å²) in [6, 6.07) is 0.891. The third kappa shape index (κ3) is 1.96. The molecule has 1 spiro atoms. The maximum absolute atomic E-state index is 13.2. The third-order valence-electron chi connectivity index (χ3n) is 6.40. The van der Waals surface area contributed by atoms with E-state index in [0.717, 1.165) is 32.1 Å². The second kappa shape index (κ2) is 4.85. The van der Waals surface area contributed by atoms with Gasteiger partial charge in [-0.05, 0) is 25.7 Å². The molecule has 22 heavy (non-hydrogen) atoms. The first-order chi connectivity index (χ1) is 10.6. The first-order valence-electron chi connectivity index (χ1n) is 8.59. The second-order valence-electron chi connectivity index (χ2n) is 7.43. The van der Waals surface area contributed by atoms with Gasteiger partial charge < -0.3 is 20.3 Å². The summed E-state index contributed by atoms with van der Waals surface area (Å²) in [7, 11) is 0. The first-order valence-corrected chi connectivity index (χ1v) is 8.59. The minimum Gasteiger partial charge on any atom is -0.441 e. The van der Waals surface area contributed by atoms with E-state index in [1.54, 1.807) is 0 Å². The predicted octanol–water partition coefficient (Wildman–Crippen LogP) is 1.01. The van der Waals surface area contributed by atoms with Gasteiger partial charge >= 0.3 is 6.09 Å². The molecule has 2 bridgehead atoms. The van der Waals surface area contributed by atoms with E-state index in [9.17, 15) is 9.59 Å². The summed E-state index contributed by atoms with van der Waals surface area (Å²) in [5, 5.41) is 6.36. The topological polar surface area (TPSA) is 70.7 Å². The van der Waals surface area contributed by atoms with Crippen LogP contribution in [0.5, 0.6) is 0 Å². The van der Waals surface area contributed by atoms with Crippen LogP contribution in [-0.4, -0.2) is 54.2 Å². The van der Waals surface area contributed by atoms with Crippen molar-refractivity contribution < 1.29 is 14.3 Å². The third-order valence-corrected chi connectivity index (χ3v) is 6.40. The molecule has 6 heteroatoms. The van der Waals surface area contributed by atoms with Gasteiger partial charge in [0.15, 0.2) is 0 Å². The maximum Gasteiger partial charge on any atom is 0.407 e. The fraction of sp³-hybridized carbons (Fsp3) is 0.875. The lowest BCUT2D eigenvalue weighted by Gasteiger charge is -2.43. The molecular weight excluding hydrogens is 282 g/mol. The molecule has 0 unspecified atom stereocenters. The summed E-state index contributed by atoms with van der Waals surface area (Å²) in [5.74, 6) is 0.321. The molecule has 0 aliphatic carbocycles. The Morgan fingerprint density at radius 2 is 2.14 bits per heavy atom. The van der Waals surface area contributed by atoms with Crippen molar-refractivity contribution in [1.29, 1.82) is 0 Å². The molecule has 3 atom stereocenters. The second-order valence-corrected chi connectivity index (χ2v) is 7.43. The first kappa shape index (κ1) is 14.3. The zero-order valence-corrected chi connectivity index (χ0v) is 13.2. The number of alkyl carbamates (subject to hydrolysis) is 1. The van der Waals surface area contributed by atoms with Gasteiger partial charge in [0.05, 0.1) is 12.0 Å². The van der Waals surface area contributed by atoms with Crippen LogP contribution >= 0.6 is 0 Å². The van der Waals surface area contributed by atoms with Crippen LogP contribution in [0.1, 0.15) is 45.4 Å². The minimum absolute atomic E-state index is 0.196. The molecule has 122 valence electrons. The molecule has 4 fully saturated rings. The molecule has 0 aromatic carbocycles. The van der Waals surface area contributed by atoms with E-state index in [4.69, 9.17) is 4.74 Å². The number of nitrogens with zero attached hydrogens (tertiary/aromatic N) is 1. The molecule has 6 nitrogen and oxygen atoms in total. The molecule has 4 aliphatic heterocycles. The van der Waals surface area contributed by atoms with Crippen LogP contribution in [0.15, 0.2) is 0 Å². The Hall–Kier alpha value is -1.30. The quantitative estimate of drug-likeness (QED) is 0.799. The van der Waals surface area contributed by atoms with Crippen molar-refractivity contribution in [2.45, 2.75) is 63.1 Å². The number of carbonyl (C=O) groups excluding carboxylic acids is 2. The number of amides is 2. The highest BCUT2D eigenvalue weighted by molar-refractivity contribution is 5.84. The van der Waals surface area contributed by atoms with Crippen LogP contribution in [0.4, 0.5) is 4.79 Å². The standard InChI is InChI=1S/C16H25N3O3/c1-2-16(9-11-3-4-12(16)18-11)13(20)19-7-5-15(6-8-19)10-17-14(21)22-15/h11-12,18H,2-10H2,1H3,(H,17,21)/t11-,12+,16+/m0/s1. The maximum atomic E-state index is 13.2.